The predicted octanol–water partition coefficient (Wildman–Crippen LogP) is 5.20. The van der Waals surface area contributed by atoms with Crippen LogP contribution in [-0.4, -0.2) is 48.0 Å². The lowest BCUT2D eigenvalue weighted by Crippen LogP contribution is -2.29. The van der Waals surface area contributed by atoms with E-state index in [4.69, 9.17) is 14.2 Å². The number of hydrogen-bond donors (Lipinski definition) is 1. The van der Waals surface area contributed by atoms with Gasteiger partial charge >= 0.3 is 5.97 Å². The first kappa shape index (κ1) is 27.4. The first-order valence-corrected chi connectivity index (χ1v) is 12.5. The monoisotopic (exact) mass is 529 g/mol. The minimum absolute atomic E-state index is 0.0643. The molecule has 0 saturated carbocycles. The number of ketones is 1. The largest absolute Gasteiger partial charge is 0.506 e. The Kier molecular flexibility index (Phi) is 8.04. The second-order valence-electron chi connectivity index (χ2n) is 9.53. The van der Waals surface area contributed by atoms with Crippen LogP contribution < -0.4 is 9.47 Å². The molecular formula is C31H31NO7. The molecule has 3 aromatic rings. The highest BCUT2D eigenvalue weighted by Gasteiger charge is 2.46. The second-order valence-corrected chi connectivity index (χ2v) is 9.53. The zero-order valence-electron chi connectivity index (χ0n) is 22.6. The van der Waals surface area contributed by atoms with E-state index in [1.54, 1.807) is 56.3 Å². The molecule has 1 atom stereocenters. The SMILES string of the molecule is COc1cccc(OC)c1/C(O)=C1\C(=O)C(=O)N(Cc2ccc(C(=O)OC(C)C)cc2)C1c1cccc(C)c1. The molecule has 0 radical (unpaired) electrons. The Balaban J connectivity index is 1.82. The Bertz CT molecular complexity index is 1420. The van der Waals surface area contributed by atoms with Crippen LogP contribution in [0.2, 0.25) is 0 Å². The first-order valence-electron chi connectivity index (χ1n) is 12.5. The molecular weight excluding hydrogens is 498 g/mol. The second kappa shape index (κ2) is 11.4. The molecule has 0 spiro atoms. The smallest absolute Gasteiger partial charge is 0.338 e. The van der Waals surface area contributed by atoms with E-state index in [1.165, 1.54) is 19.1 Å². The molecule has 1 N–H and O–H groups in total. The highest BCUT2D eigenvalue weighted by molar-refractivity contribution is 6.46. The van der Waals surface area contributed by atoms with Crippen molar-refractivity contribution in [1.29, 1.82) is 0 Å². The first-order chi connectivity index (χ1) is 18.7. The maximum Gasteiger partial charge on any atom is 0.338 e. The van der Waals surface area contributed by atoms with Gasteiger partial charge in [0.15, 0.2) is 0 Å². The third kappa shape index (κ3) is 5.50. The Morgan fingerprint density at radius 3 is 2.13 bits per heavy atom. The lowest BCUT2D eigenvalue weighted by atomic mass is 9.93. The molecule has 3 aromatic carbocycles. The molecule has 1 heterocycles. The standard InChI is InChI=1S/C31H31NO7/c1-18(2)39-31(36)21-14-12-20(13-15-21)17-32-27(22-9-6-8-19(3)16-22)26(29(34)30(32)35)28(33)25-23(37-4)10-7-11-24(25)38-5/h6-16,18,27,33H,17H2,1-5H3/b28-26+. The summed E-state index contributed by atoms with van der Waals surface area (Å²) < 4.78 is 16.1. The van der Waals surface area contributed by atoms with Gasteiger partial charge in [-0.3, -0.25) is 9.59 Å². The van der Waals surface area contributed by atoms with Gasteiger partial charge in [0.2, 0.25) is 0 Å². The van der Waals surface area contributed by atoms with Gasteiger partial charge in [-0.25, -0.2) is 4.79 Å². The number of aliphatic hydroxyl groups is 1. The van der Waals surface area contributed by atoms with Crippen LogP contribution in [-0.2, 0) is 20.9 Å². The molecule has 1 fully saturated rings. The number of likely N-dealkylation sites (tertiary alicyclic amines) is 1. The molecule has 0 bridgehead atoms. The molecule has 8 heteroatoms. The third-order valence-electron chi connectivity index (χ3n) is 6.45. The number of rotatable bonds is 8. The van der Waals surface area contributed by atoms with Crippen LogP contribution >= 0.6 is 0 Å². The van der Waals surface area contributed by atoms with Crippen molar-refractivity contribution in [2.45, 2.75) is 39.5 Å². The van der Waals surface area contributed by atoms with Crippen molar-refractivity contribution < 1.29 is 33.7 Å². The maximum absolute atomic E-state index is 13.5. The van der Waals surface area contributed by atoms with Gasteiger partial charge in [-0.2, -0.15) is 0 Å². The quantitative estimate of drug-likeness (QED) is 0.185. The number of methoxy groups -OCH3 is 2. The summed E-state index contributed by atoms with van der Waals surface area (Å²) in [6, 6.07) is 18.2. The average Bonchev–Trinajstić information content (AvgIpc) is 3.17. The molecule has 4 rings (SSSR count). The molecule has 202 valence electrons. The van der Waals surface area contributed by atoms with Gasteiger partial charge in [0.05, 0.1) is 37.5 Å². The molecule has 8 nitrogen and oxygen atoms in total. The van der Waals surface area contributed by atoms with E-state index < -0.39 is 23.7 Å². The molecule has 39 heavy (non-hydrogen) atoms. The lowest BCUT2D eigenvalue weighted by Gasteiger charge is -2.26. The minimum atomic E-state index is -0.870. The van der Waals surface area contributed by atoms with Crippen molar-refractivity contribution in [2.75, 3.05) is 14.2 Å². The number of carbonyl (C=O) groups is 3. The van der Waals surface area contributed by atoms with E-state index in [-0.39, 0.29) is 29.5 Å². The summed E-state index contributed by atoms with van der Waals surface area (Å²) in [6.45, 7) is 5.53. The zero-order chi connectivity index (χ0) is 28.3. The van der Waals surface area contributed by atoms with Gasteiger partial charge in [0.1, 0.15) is 22.8 Å². The van der Waals surface area contributed by atoms with E-state index in [1.807, 2.05) is 31.2 Å². The number of aliphatic hydroxyl groups excluding tert-OH is 1. The summed E-state index contributed by atoms with van der Waals surface area (Å²) in [6.07, 6.45) is -0.250. The molecule has 0 aromatic heterocycles. The topological polar surface area (TPSA) is 102 Å². The number of nitrogens with zero attached hydrogens (tertiary/aromatic N) is 1. The van der Waals surface area contributed by atoms with Crippen molar-refractivity contribution in [3.63, 3.8) is 0 Å². The Labute approximate surface area is 227 Å². The van der Waals surface area contributed by atoms with Crippen molar-refractivity contribution in [3.8, 4) is 11.5 Å². The van der Waals surface area contributed by atoms with Crippen LogP contribution in [0.3, 0.4) is 0 Å². The molecule has 0 aliphatic carbocycles. The molecule has 1 amide bonds. The number of hydrogen-bond acceptors (Lipinski definition) is 7. The summed E-state index contributed by atoms with van der Waals surface area (Å²) in [5.74, 6) is -1.80. The number of ether oxygens (including phenoxy) is 3. The Morgan fingerprint density at radius 2 is 1.56 bits per heavy atom. The Morgan fingerprint density at radius 1 is 0.949 bits per heavy atom. The number of benzene rings is 3. The van der Waals surface area contributed by atoms with Gasteiger partial charge < -0.3 is 24.2 Å². The lowest BCUT2D eigenvalue weighted by molar-refractivity contribution is -0.140. The van der Waals surface area contributed by atoms with Gasteiger partial charge in [0.25, 0.3) is 11.7 Å². The van der Waals surface area contributed by atoms with Crippen molar-refractivity contribution in [1.82, 2.24) is 4.90 Å². The van der Waals surface area contributed by atoms with E-state index in [2.05, 4.69) is 0 Å². The van der Waals surface area contributed by atoms with E-state index >= 15 is 0 Å². The van der Waals surface area contributed by atoms with Crippen molar-refractivity contribution in [3.05, 3.63) is 100 Å². The normalized spacial score (nSPS) is 16.5. The highest BCUT2D eigenvalue weighted by Crippen LogP contribution is 2.44. The average molecular weight is 530 g/mol. The van der Waals surface area contributed by atoms with E-state index in [0.717, 1.165) is 5.56 Å². The van der Waals surface area contributed by atoms with Gasteiger partial charge in [-0.05, 0) is 56.2 Å². The molecule has 1 unspecified atom stereocenters. The Hall–Kier alpha value is -4.59. The summed E-state index contributed by atoms with van der Waals surface area (Å²) >= 11 is 0. The van der Waals surface area contributed by atoms with Crippen molar-refractivity contribution in [2.24, 2.45) is 0 Å². The van der Waals surface area contributed by atoms with Crippen LogP contribution in [0, 0.1) is 6.92 Å². The maximum atomic E-state index is 13.5. The highest BCUT2D eigenvalue weighted by atomic mass is 16.5. The van der Waals surface area contributed by atoms with Crippen LogP contribution in [0.4, 0.5) is 0 Å². The number of carbonyl (C=O) groups excluding carboxylic acids is 3. The van der Waals surface area contributed by atoms with Crippen LogP contribution in [0.1, 0.15) is 52.5 Å². The van der Waals surface area contributed by atoms with E-state index in [0.29, 0.717) is 28.2 Å². The van der Waals surface area contributed by atoms with Gasteiger partial charge in [0, 0.05) is 6.54 Å². The fraction of sp³-hybridized carbons (Fsp3) is 0.258. The minimum Gasteiger partial charge on any atom is -0.506 e. The van der Waals surface area contributed by atoms with Crippen LogP contribution in [0.15, 0.2) is 72.3 Å². The number of amides is 1. The fourth-order valence-electron chi connectivity index (χ4n) is 4.67. The molecule has 1 aliphatic heterocycles. The third-order valence-corrected chi connectivity index (χ3v) is 6.45. The molecule has 1 saturated heterocycles. The summed E-state index contributed by atoms with van der Waals surface area (Å²) in [7, 11) is 2.89. The van der Waals surface area contributed by atoms with Crippen molar-refractivity contribution >= 4 is 23.4 Å². The number of Topliss-reactive ketones (excluding diaryl/α,β-unsaturated/α-hetero) is 1. The van der Waals surface area contributed by atoms with Crippen LogP contribution in [0.25, 0.3) is 5.76 Å². The van der Waals surface area contributed by atoms with Gasteiger partial charge in [-0.1, -0.05) is 48.0 Å². The number of esters is 1. The number of aryl methyl sites for hydroxylation is 1. The zero-order valence-corrected chi connectivity index (χ0v) is 22.6. The van der Waals surface area contributed by atoms with E-state index in [9.17, 15) is 19.5 Å². The van der Waals surface area contributed by atoms with Crippen LogP contribution in [0.5, 0.6) is 11.5 Å². The van der Waals surface area contributed by atoms with Gasteiger partial charge in [-0.15, -0.1) is 0 Å². The fourth-order valence-corrected chi connectivity index (χ4v) is 4.67. The summed E-state index contributed by atoms with van der Waals surface area (Å²) in [5, 5.41) is 11.6. The summed E-state index contributed by atoms with van der Waals surface area (Å²) in [4.78, 5) is 40.6. The predicted molar refractivity (Wildman–Crippen MR) is 146 cm³/mol. The molecule has 1 aliphatic rings. The summed E-state index contributed by atoms with van der Waals surface area (Å²) in [5.41, 5.74) is 2.80.